The Balaban J connectivity index is 1.98. The summed E-state index contributed by atoms with van der Waals surface area (Å²) in [6, 6.07) is 0. The van der Waals surface area contributed by atoms with E-state index in [4.69, 9.17) is 4.74 Å². The smallest absolute Gasteiger partial charge is 0.309 e. The summed E-state index contributed by atoms with van der Waals surface area (Å²) in [5.41, 5.74) is 0. The molecule has 0 unspecified atom stereocenters. The second-order valence-corrected chi connectivity index (χ2v) is 5.17. The molecule has 3 fully saturated rings. The van der Waals surface area contributed by atoms with E-state index in [1.54, 1.807) is 0 Å². The minimum Gasteiger partial charge on any atom is -0.459 e. The number of hydrogen-bond donors (Lipinski definition) is 2. The van der Waals surface area contributed by atoms with Crippen molar-refractivity contribution in [2.75, 3.05) is 0 Å². The van der Waals surface area contributed by atoms with E-state index in [0.29, 0.717) is 12.8 Å². The number of hydrogen-bond acceptors (Lipinski definition) is 4. The Labute approximate surface area is 93.9 Å². The van der Waals surface area contributed by atoms with Crippen LogP contribution in [0.15, 0.2) is 12.7 Å². The van der Waals surface area contributed by atoms with Crippen molar-refractivity contribution in [3.05, 3.63) is 12.7 Å². The van der Waals surface area contributed by atoms with Crippen LogP contribution in [0.3, 0.4) is 0 Å². The molecule has 3 rings (SSSR count). The van der Waals surface area contributed by atoms with Crippen LogP contribution < -0.4 is 0 Å². The third-order valence-corrected chi connectivity index (χ3v) is 4.47. The molecule has 2 aliphatic carbocycles. The summed E-state index contributed by atoms with van der Waals surface area (Å²) >= 11 is 0. The van der Waals surface area contributed by atoms with Crippen LogP contribution in [0, 0.1) is 23.7 Å². The number of rotatable bonds is 1. The molecule has 4 nitrogen and oxygen atoms in total. The highest BCUT2D eigenvalue weighted by atomic mass is 16.6. The van der Waals surface area contributed by atoms with Gasteiger partial charge in [0.15, 0.2) is 0 Å². The molecule has 2 N–H and O–H groups in total. The van der Waals surface area contributed by atoms with E-state index >= 15 is 0 Å². The molecule has 0 spiro atoms. The average Bonchev–Trinajstić information content (AvgIpc) is 2.75. The van der Waals surface area contributed by atoms with Gasteiger partial charge in [0.1, 0.15) is 6.10 Å². The zero-order chi connectivity index (χ0) is 11.4. The van der Waals surface area contributed by atoms with Crippen molar-refractivity contribution in [3.8, 4) is 0 Å². The molecule has 0 aromatic rings. The number of ether oxygens (including phenoxy) is 1. The molecule has 7 atom stereocenters. The van der Waals surface area contributed by atoms with Gasteiger partial charge in [0, 0.05) is 12.3 Å². The van der Waals surface area contributed by atoms with Crippen LogP contribution in [0.5, 0.6) is 0 Å². The Morgan fingerprint density at radius 1 is 1.25 bits per heavy atom. The first kappa shape index (κ1) is 10.3. The molecule has 2 saturated carbocycles. The molecule has 0 bridgehead atoms. The first-order chi connectivity index (χ1) is 7.63. The predicted molar refractivity (Wildman–Crippen MR) is 55.3 cm³/mol. The summed E-state index contributed by atoms with van der Waals surface area (Å²) in [6.07, 6.45) is 1.17. The van der Waals surface area contributed by atoms with Gasteiger partial charge in [-0.1, -0.05) is 6.08 Å². The van der Waals surface area contributed by atoms with Crippen LogP contribution in [0.25, 0.3) is 0 Å². The van der Waals surface area contributed by atoms with Crippen LogP contribution in [0.4, 0.5) is 0 Å². The van der Waals surface area contributed by atoms with E-state index < -0.39 is 18.3 Å². The molecule has 0 aromatic carbocycles. The maximum absolute atomic E-state index is 11.7. The lowest BCUT2D eigenvalue weighted by Gasteiger charge is -2.38. The molecule has 4 heteroatoms. The van der Waals surface area contributed by atoms with Crippen molar-refractivity contribution in [1.82, 2.24) is 0 Å². The van der Waals surface area contributed by atoms with Crippen molar-refractivity contribution >= 4 is 5.97 Å². The zero-order valence-electron chi connectivity index (χ0n) is 8.95. The fraction of sp³-hybridized carbons (Fsp3) is 0.750. The molecule has 88 valence electrons. The molecule has 0 radical (unpaired) electrons. The lowest BCUT2D eigenvalue weighted by atomic mass is 9.72. The Kier molecular flexibility index (Phi) is 2.13. The molecular formula is C12H16O4. The fourth-order valence-electron chi connectivity index (χ4n) is 3.83. The number of esters is 1. The topological polar surface area (TPSA) is 66.8 Å². The SMILES string of the molecule is C=C[C@@H]1C[C@@H]2C(=O)O[C@H]3[C@@H]2[C@@H]1[C@H](O)C[C@H]3O. The number of carbonyl (C=O) groups is 1. The van der Waals surface area contributed by atoms with E-state index in [2.05, 4.69) is 6.58 Å². The number of aliphatic hydroxyl groups is 2. The van der Waals surface area contributed by atoms with Gasteiger partial charge in [-0.15, -0.1) is 6.58 Å². The molecule has 1 heterocycles. The van der Waals surface area contributed by atoms with Gasteiger partial charge in [0.05, 0.1) is 18.1 Å². The van der Waals surface area contributed by atoms with E-state index in [1.807, 2.05) is 6.08 Å². The second kappa shape index (κ2) is 3.31. The Morgan fingerprint density at radius 2 is 2.00 bits per heavy atom. The van der Waals surface area contributed by atoms with E-state index in [-0.39, 0.29) is 29.6 Å². The average molecular weight is 224 g/mol. The molecule has 3 aliphatic rings. The number of allylic oxidation sites excluding steroid dienone is 1. The van der Waals surface area contributed by atoms with Gasteiger partial charge in [-0.2, -0.15) is 0 Å². The predicted octanol–water partition coefficient (Wildman–Crippen LogP) is 0.0918. The maximum Gasteiger partial charge on any atom is 0.309 e. The highest BCUT2D eigenvalue weighted by Gasteiger charge is 2.61. The molecule has 0 aromatic heterocycles. The number of aliphatic hydroxyl groups excluding tert-OH is 2. The van der Waals surface area contributed by atoms with Gasteiger partial charge in [0.2, 0.25) is 0 Å². The van der Waals surface area contributed by atoms with Crippen LogP contribution in [0.1, 0.15) is 12.8 Å². The van der Waals surface area contributed by atoms with E-state index in [9.17, 15) is 15.0 Å². The Bertz CT molecular complexity index is 340. The van der Waals surface area contributed by atoms with Crippen molar-refractivity contribution < 1.29 is 19.7 Å². The molecular weight excluding hydrogens is 208 g/mol. The largest absolute Gasteiger partial charge is 0.459 e. The van der Waals surface area contributed by atoms with Gasteiger partial charge in [-0.25, -0.2) is 0 Å². The summed E-state index contributed by atoms with van der Waals surface area (Å²) in [6.45, 7) is 3.77. The van der Waals surface area contributed by atoms with Crippen LogP contribution in [-0.2, 0) is 9.53 Å². The first-order valence-corrected chi connectivity index (χ1v) is 5.82. The third-order valence-electron chi connectivity index (χ3n) is 4.47. The summed E-state index contributed by atoms with van der Waals surface area (Å²) in [5.74, 6) is -0.176. The van der Waals surface area contributed by atoms with Crippen LogP contribution in [0.2, 0.25) is 0 Å². The Morgan fingerprint density at radius 3 is 2.69 bits per heavy atom. The van der Waals surface area contributed by atoms with Gasteiger partial charge in [-0.3, -0.25) is 4.79 Å². The lowest BCUT2D eigenvalue weighted by molar-refractivity contribution is -0.154. The third kappa shape index (κ3) is 1.14. The Hall–Kier alpha value is -0.870. The quantitative estimate of drug-likeness (QED) is 0.489. The minimum absolute atomic E-state index is 0.0192. The van der Waals surface area contributed by atoms with Crippen LogP contribution >= 0.6 is 0 Å². The summed E-state index contributed by atoms with van der Waals surface area (Å²) in [4.78, 5) is 11.7. The van der Waals surface area contributed by atoms with E-state index in [0.717, 1.165) is 0 Å². The summed E-state index contributed by atoms with van der Waals surface area (Å²) < 4.78 is 5.22. The van der Waals surface area contributed by atoms with Crippen molar-refractivity contribution in [3.63, 3.8) is 0 Å². The summed E-state index contributed by atoms with van der Waals surface area (Å²) in [5, 5.41) is 19.9. The molecule has 0 amide bonds. The highest BCUT2D eigenvalue weighted by molar-refractivity contribution is 5.76. The monoisotopic (exact) mass is 224 g/mol. The minimum atomic E-state index is -0.714. The van der Waals surface area contributed by atoms with Crippen molar-refractivity contribution in [2.45, 2.75) is 31.2 Å². The second-order valence-electron chi connectivity index (χ2n) is 5.17. The van der Waals surface area contributed by atoms with Crippen molar-refractivity contribution in [2.24, 2.45) is 23.7 Å². The van der Waals surface area contributed by atoms with Gasteiger partial charge < -0.3 is 14.9 Å². The fourth-order valence-corrected chi connectivity index (χ4v) is 3.83. The van der Waals surface area contributed by atoms with Crippen molar-refractivity contribution in [1.29, 1.82) is 0 Å². The molecule has 16 heavy (non-hydrogen) atoms. The maximum atomic E-state index is 11.7. The normalized spacial score (nSPS) is 54.6. The van der Waals surface area contributed by atoms with Crippen LogP contribution in [-0.4, -0.2) is 34.5 Å². The highest BCUT2D eigenvalue weighted by Crippen LogP contribution is 2.54. The first-order valence-electron chi connectivity index (χ1n) is 5.82. The molecule has 1 saturated heterocycles. The zero-order valence-corrected chi connectivity index (χ0v) is 8.95. The van der Waals surface area contributed by atoms with Gasteiger partial charge >= 0.3 is 5.97 Å². The van der Waals surface area contributed by atoms with Gasteiger partial charge in [-0.05, 0) is 18.3 Å². The van der Waals surface area contributed by atoms with E-state index in [1.165, 1.54) is 0 Å². The number of carbonyl (C=O) groups excluding carboxylic acids is 1. The summed E-state index contributed by atoms with van der Waals surface area (Å²) in [7, 11) is 0. The molecule has 1 aliphatic heterocycles. The standard InChI is InChI=1S/C12H16O4/c1-2-5-3-6-10-9(5)7(13)4-8(14)11(10)16-12(6)15/h2,5-11,13-14H,1,3-4H2/t5-,6+,7-,8-,9+,10+,11-/m1/s1. The van der Waals surface area contributed by atoms with Gasteiger partial charge in [0.25, 0.3) is 0 Å². The lowest BCUT2D eigenvalue weighted by Crippen LogP contribution is -2.47.